The number of ether oxygens (including phenoxy) is 1. The minimum atomic E-state index is -0.702. The van der Waals surface area contributed by atoms with Crippen molar-refractivity contribution >= 4 is 33.3 Å². The first-order chi connectivity index (χ1) is 16.5. The molecule has 1 aromatic carbocycles. The Morgan fingerprint density at radius 1 is 1.20 bits per heavy atom. The molecule has 194 valence electrons. The average molecular weight is 504 g/mol. The number of thiazole rings is 1. The highest BCUT2D eigenvalue weighted by Gasteiger charge is 2.24. The van der Waals surface area contributed by atoms with E-state index in [1.807, 2.05) is 39.0 Å². The van der Waals surface area contributed by atoms with E-state index in [4.69, 9.17) is 4.74 Å². The summed E-state index contributed by atoms with van der Waals surface area (Å²) in [6, 6.07) is 5.98. The van der Waals surface area contributed by atoms with Crippen molar-refractivity contribution in [2.24, 2.45) is 11.8 Å². The zero-order chi connectivity index (χ0) is 26.1. The highest BCUT2D eigenvalue weighted by Crippen LogP contribution is 2.30. The van der Waals surface area contributed by atoms with E-state index in [0.29, 0.717) is 12.8 Å². The van der Waals surface area contributed by atoms with Crippen LogP contribution in [-0.4, -0.2) is 39.2 Å². The van der Waals surface area contributed by atoms with Gasteiger partial charge < -0.3 is 14.9 Å². The van der Waals surface area contributed by atoms with Gasteiger partial charge >= 0.3 is 5.97 Å². The number of aryl methyl sites for hydroxylation is 1. The number of carbonyl (C=O) groups excluding carboxylic acids is 2. The summed E-state index contributed by atoms with van der Waals surface area (Å²) in [5, 5.41) is 21.2. The number of Topliss-reactive ketones (excluding diaryl/α,β-unsaturated/α-hetero) is 1. The SMILES string of the molecule is CC[C@@H](O)CC(=O)O[C@@H](C/C=C(/C)CCC[C@H](C)[C@H](O)[C@@H](C)C(C)=O)c1ccc2sc(C)nc2c1. The molecule has 2 N–H and O–H groups in total. The number of carbonyl (C=O) groups is 2. The number of hydrogen-bond donors (Lipinski definition) is 2. The number of hydrogen-bond acceptors (Lipinski definition) is 7. The summed E-state index contributed by atoms with van der Waals surface area (Å²) in [4.78, 5) is 28.6. The zero-order valence-electron chi connectivity index (χ0n) is 21.9. The Hall–Kier alpha value is -2.09. The number of allylic oxidation sites excluding steroid dienone is 1. The van der Waals surface area contributed by atoms with Gasteiger partial charge in [0.1, 0.15) is 11.9 Å². The molecule has 0 amide bonds. The lowest BCUT2D eigenvalue weighted by molar-refractivity contribution is -0.151. The minimum absolute atomic E-state index is 0.0125. The third-order valence-corrected chi connectivity index (χ3v) is 7.64. The van der Waals surface area contributed by atoms with Gasteiger partial charge in [0.25, 0.3) is 0 Å². The van der Waals surface area contributed by atoms with Crippen molar-refractivity contribution < 1.29 is 24.5 Å². The number of rotatable bonds is 14. The van der Waals surface area contributed by atoms with Crippen LogP contribution in [-0.2, 0) is 14.3 Å². The van der Waals surface area contributed by atoms with Gasteiger partial charge in [0.2, 0.25) is 0 Å². The maximum atomic E-state index is 12.5. The monoisotopic (exact) mass is 503 g/mol. The van der Waals surface area contributed by atoms with E-state index < -0.39 is 24.3 Å². The van der Waals surface area contributed by atoms with Crippen LogP contribution in [0.15, 0.2) is 29.8 Å². The number of esters is 1. The van der Waals surface area contributed by atoms with Gasteiger partial charge in [-0.1, -0.05) is 38.5 Å². The number of aliphatic hydroxyl groups is 2. The van der Waals surface area contributed by atoms with Crippen LogP contribution in [0, 0.1) is 18.8 Å². The van der Waals surface area contributed by atoms with Gasteiger partial charge in [0.15, 0.2) is 0 Å². The Morgan fingerprint density at radius 2 is 1.91 bits per heavy atom. The van der Waals surface area contributed by atoms with Crippen LogP contribution in [0.5, 0.6) is 0 Å². The molecule has 1 aromatic heterocycles. The number of benzene rings is 1. The van der Waals surface area contributed by atoms with Gasteiger partial charge in [-0.15, -0.1) is 11.3 Å². The summed E-state index contributed by atoms with van der Waals surface area (Å²) in [6.07, 6.45) is 3.94. The van der Waals surface area contributed by atoms with Gasteiger partial charge in [-0.2, -0.15) is 0 Å². The second kappa shape index (κ2) is 13.9. The lowest BCUT2D eigenvalue weighted by Crippen LogP contribution is -2.30. The molecule has 0 bridgehead atoms. The molecule has 0 fully saturated rings. The summed E-state index contributed by atoms with van der Waals surface area (Å²) in [6.45, 7) is 11.2. The molecular formula is C28H41NO5S. The molecule has 0 aliphatic carbocycles. The molecule has 0 saturated heterocycles. The number of ketones is 1. The lowest BCUT2D eigenvalue weighted by atomic mass is 9.87. The summed E-state index contributed by atoms with van der Waals surface area (Å²) in [7, 11) is 0. The van der Waals surface area contributed by atoms with E-state index in [1.165, 1.54) is 12.5 Å². The molecule has 0 unspecified atom stereocenters. The van der Waals surface area contributed by atoms with Crippen molar-refractivity contribution in [3.8, 4) is 0 Å². The topological polar surface area (TPSA) is 96.7 Å². The Bertz CT molecular complexity index is 1010. The quantitative estimate of drug-likeness (QED) is 0.240. The largest absolute Gasteiger partial charge is 0.457 e. The molecule has 0 radical (unpaired) electrons. The molecule has 1 heterocycles. The van der Waals surface area contributed by atoms with Gasteiger partial charge in [-0.05, 0) is 70.1 Å². The molecule has 2 aromatic rings. The van der Waals surface area contributed by atoms with E-state index in [-0.39, 0.29) is 24.0 Å². The van der Waals surface area contributed by atoms with Crippen LogP contribution in [0.2, 0.25) is 0 Å². The predicted molar refractivity (Wildman–Crippen MR) is 141 cm³/mol. The molecule has 35 heavy (non-hydrogen) atoms. The molecule has 0 spiro atoms. The fourth-order valence-electron chi connectivity index (χ4n) is 4.07. The van der Waals surface area contributed by atoms with Crippen molar-refractivity contribution in [3.63, 3.8) is 0 Å². The minimum Gasteiger partial charge on any atom is -0.457 e. The van der Waals surface area contributed by atoms with Crippen molar-refractivity contribution in [3.05, 3.63) is 40.4 Å². The predicted octanol–water partition coefficient (Wildman–Crippen LogP) is 6.08. The second-order valence-corrected chi connectivity index (χ2v) is 11.0. The highest BCUT2D eigenvalue weighted by molar-refractivity contribution is 7.18. The molecule has 5 atom stereocenters. The van der Waals surface area contributed by atoms with Crippen molar-refractivity contribution in [2.75, 3.05) is 0 Å². The molecule has 0 aliphatic rings. The Balaban J connectivity index is 2.04. The fourth-order valence-corrected chi connectivity index (χ4v) is 4.88. The normalized spacial score (nSPS) is 16.5. The molecule has 0 aliphatic heterocycles. The number of aliphatic hydroxyl groups excluding tert-OH is 2. The van der Waals surface area contributed by atoms with E-state index in [2.05, 4.69) is 18.0 Å². The van der Waals surface area contributed by atoms with Crippen LogP contribution >= 0.6 is 11.3 Å². The molecular weight excluding hydrogens is 462 g/mol. The maximum Gasteiger partial charge on any atom is 0.309 e. The summed E-state index contributed by atoms with van der Waals surface area (Å²) >= 11 is 1.63. The van der Waals surface area contributed by atoms with Crippen LogP contribution in [0.4, 0.5) is 0 Å². The maximum absolute atomic E-state index is 12.5. The van der Waals surface area contributed by atoms with E-state index in [9.17, 15) is 19.8 Å². The number of fused-ring (bicyclic) bond motifs is 1. The van der Waals surface area contributed by atoms with Crippen LogP contribution in [0.1, 0.15) is 89.8 Å². The average Bonchev–Trinajstić information content (AvgIpc) is 3.19. The summed E-state index contributed by atoms with van der Waals surface area (Å²) in [5.41, 5.74) is 2.97. The Morgan fingerprint density at radius 3 is 2.57 bits per heavy atom. The van der Waals surface area contributed by atoms with Crippen molar-refractivity contribution in [1.82, 2.24) is 4.98 Å². The van der Waals surface area contributed by atoms with Gasteiger partial charge in [-0.25, -0.2) is 4.98 Å². The zero-order valence-corrected chi connectivity index (χ0v) is 22.7. The van der Waals surface area contributed by atoms with E-state index in [1.54, 1.807) is 18.3 Å². The van der Waals surface area contributed by atoms with Gasteiger partial charge in [0, 0.05) is 12.3 Å². The Kier molecular flexibility index (Phi) is 11.5. The smallest absolute Gasteiger partial charge is 0.309 e. The van der Waals surface area contributed by atoms with Crippen LogP contribution < -0.4 is 0 Å². The summed E-state index contributed by atoms with van der Waals surface area (Å²) < 4.78 is 6.90. The van der Waals surface area contributed by atoms with Crippen molar-refractivity contribution in [1.29, 1.82) is 0 Å². The first-order valence-corrected chi connectivity index (χ1v) is 13.4. The lowest BCUT2D eigenvalue weighted by Gasteiger charge is -2.23. The first kappa shape index (κ1) is 29.1. The van der Waals surface area contributed by atoms with Crippen LogP contribution in [0.25, 0.3) is 10.2 Å². The van der Waals surface area contributed by atoms with Gasteiger partial charge in [-0.3, -0.25) is 9.59 Å². The third-order valence-electron chi connectivity index (χ3n) is 6.69. The molecule has 6 nitrogen and oxygen atoms in total. The summed E-state index contributed by atoms with van der Waals surface area (Å²) in [5.74, 6) is -0.693. The number of aromatic nitrogens is 1. The second-order valence-electron chi connectivity index (χ2n) is 9.75. The Labute approximate surface area is 213 Å². The van der Waals surface area contributed by atoms with Crippen molar-refractivity contribution in [2.45, 2.75) is 98.4 Å². The van der Waals surface area contributed by atoms with E-state index in [0.717, 1.165) is 40.1 Å². The molecule has 7 heteroatoms. The number of nitrogens with zero attached hydrogens (tertiary/aromatic N) is 1. The molecule has 2 rings (SSSR count). The highest BCUT2D eigenvalue weighted by atomic mass is 32.1. The first-order valence-electron chi connectivity index (χ1n) is 12.6. The van der Waals surface area contributed by atoms with E-state index >= 15 is 0 Å². The standard InChI is InChI=1S/C28H41NO5S/c1-7-23(31)16-27(32)34-25(22-12-14-26-24(15-22)29-21(6)35-26)13-11-17(2)9-8-10-18(3)28(33)19(4)20(5)30/h11-12,14-15,18-19,23,25,28,31,33H,7-10,13,16H2,1-6H3/b17-11-/t18-,19-,23+,25-,28-/m0/s1. The fraction of sp³-hybridized carbons (Fsp3) is 0.607. The molecule has 0 saturated carbocycles. The third kappa shape index (κ3) is 9.13. The van der Waals surface area contributed by atoms with Crippen LogP contribution in [0.3, 0.4) is 0 Å². The van der Waals surface area contributed by atoms with Gasteiger partial charge in [0.05, 0.1) is 33.9 Å².